The van der Waals surface area contributed by atoms with Gasteiger partial charge in [0.15, 0.2) is 0 Å². The van der Waals surface area contributed by atoms with Gasteiger partial charge in [0.05, 0.1) is 6.10 Å². The first-order valence-corrected chi connectivity index (χ1v) is 3.16. The lowest BCUT2D eigenvalue weighted by Crippen LogP contribution is -1.99. The minimum atomic E-state index is 0.329. The molecule has 0 amide bonds. The Kier molecular flexibility index (Phi) is 0.866. The van der Waals surface area contributed by atoms with Crippen LogP contribution in [0.25, 0.3) is 0 Å². The lowest BCUT2D eigenvalue weighted by Gasteiger charge is -1.96. The van der Waals surface area contributed by atoms with Crippen molar-refractivity contribution in [3.63, 3.8) is 0 Å². The van der Waals surface area contributed by atoms with E-state index in [1.54, 1.807) is 0 Å². The standard InChI is InChI=1S/C6H10O2/c7-3-5-4-1-2-8-6(4)5/h4-7H,1-3H2/t4-,5+,6+/m0/s1. The molecule has 2 fully saturated rings. The van der Waals surface area contributed by atoms with Gasteiger partial charge in [-0.1, -0.05) is 0 Å². The number of aliphatic hydroxyl groups is 1. The molecule has 1 aliphatic carbocycles. The molecule has 46 valence electrons. The summed E-state index contributed by atoms with van der Waals surface area (Å²) in [7, 11) is 0. The van der Waals surface area contributed by atoms with Crippen molar-refractivity contribution >= 4 is 0 Å². The predicted octanol–water partition coefficient (Wildman–Crippen LogP) is 0.0136. The van der Waals surface area contributed by atoms with Crippen LogP contribution in [0, 0.1) is 11.8 Å². The van der Waals surface area contributed by atoms with Crippen molar-refractivity contribution in [3.05, 3.63) is 0 Å². The summed E-state index contributed by atoms with van der Waals surface area (Å²) >= 11 is 0. The molecule has 2 aliphatic rings. The summed E-state index contributed by atoms with van der Waals surface area (Å²) in [6.45, 7) is 1.25. The third-order valence-electron chi connectivity index (χ3n) is 2.23. The molecule has 1 heterocycles. The third-order valence-corrected chi connectivity index (χ3v) is 2.23. The van der Waals surface area contributed by atoms with Gasteiger partial charge in [-0.15, -0.1) is 0 Å². The average Bonchev–Trinajstić information content (AvgIpc) is 2.22. The van der Waals surface area contributed by atoms with Crippen LogP contribution in [0.15, 0.2) is 0 Å². The van der Waals surface area contributed by atoms with Gasteiger partial charge in [0.25, 0.3) is 0 Å². The maximum atomic E-state index is 8.63. The second kappa shape index (κ2) is 1.45. The van der Waals surface area contributed by atoms with Gasteiger partial charge in [-0.3, -0.25) is 0 Å². The zero-order valence-corrected chi connectivity index (χ0v) is 4.71. The number of hydrogen-bond acceptors (Lipinski definition) is 2. The molecule has 3 atom stereocenters. The Labute approximate surface area is 48.5 Å². The zero-order chi connectivity index (χ0) is 5.56. The number of hydrogen-bond donors (Lipinski definition) is 1. The number of ether oxygens (including phenoxy) is 1. The molecule has 0 aromatic heterocycles. The molecule has 2 heteroatoms. The highest BCUT2D eigenvalue weighted by molar-refractivity contribution is 5.01. The van der Waals surface area contributed by atoms with E-state index in [0.717, 1.165) is 12.5 Å². The third kappa shape index (κ3) is 0.446. The van der Waals surface area contributed by atoms with Gasteiger partial charge >= 0.3 is 0 Å². The summed E-state index contributed by atoms with van der Waals surface area (Å²) in [5, 5.41) is 8.63. The summed E-state index contributed by atoms with van der Waals surface area (Å²) in [6, 6.07) is 0. The fourth-order valence-electron chi connectivity index (χ4n) is 1.61. The van der Waals surface area contributed by atoms with E-state index in [2.05, 4.69) is 0 Å². The van der Waals surface area contributed by atoms with E-state index in [0.29, 0.717) is 18.6 Å². The summed E-state index contributed by atoms with van der Waals surface area (Å²) in [4.78, 5) is 0. The minimum absolute atomic E-state index is 0.329. The molecule has 2 nitrogen and oxygen atoms in total. The fraction of sp³-hybridized carbons (Fsp3) is 1.00. The largest absolute Gasteiger partial charge is 0.396 e. The smallest absolute Gasteiger partial charge is 0.0662 e. The highest BCUT2D eigenvalue weighted by Gasteiger charge is 2.53. The highest BCUT2D eigenvalue weighted by atomic mass is 16.5. The summed E-state index contributed by atoms with van der Waals surface area (Å²) < 4.78 is 5.27. The predicted molar refractivity (Wildman–Crippen MR) is 28.4 cm³/mol. The van der Waals surface area contributed by atoms with Gasteiger partial charge in [-0.2, -0.15) is 0 Å². The van der Waals surface area contributed by atoms with Crippen LogP contribution in [0.5, 0.6) is 0 Å². The SMILES string of the molecule is OC[C@@H]1[C@@H]2CCO[C@@H]12. The molecule has 0 spiro atoms. The first kappa shape index (κ1) is 4.77. The van der Waals surface area contributed by atoms with Gasteiger partial charge < -0.3 is 9.84 Å². The molecule has 1 aliphatic heterocycles. The molecule has 1 saturated heterocycles. The number of fused-ring (bicyclic) bond motifs is 1. The van der Waals surface area contributed by atoms with Gasteiger partial charge in [-0.25, -0.2) is 0 Å². The van der Waals surface area contributed by atoms with Crippen LogP contribution < -0.4 is 0 Å². The molecular formula is C6H10O2. The molecule has 1 saturated carbocycles. The Bertz CT molecular complexity index is 85.9. The normalized spacial score (nSPS) is 51.4. The second-order valence-corrected chi connectivity index (χ2v) is 2.63. The van der Waals surface area contributed by atoms with E-state index in [4.69, 9.17) is 9.84 Å². The topological polar surface area (TPSA) is 29.5 Å². The Morgan fingerprint density at radius 1 is 1.62 bits per heavy atom. The van der Waals surface area contributed by atoms with E-state index in [1.165, 1.54) is 6.42 Å². The van der Waals surface area contributed by atoms with Gasteiger partial charge in [0.1, 0.15) is 0 Å². The molecule has 2 rings (SSSR count). The van der Waals surface area contributed by atoms with Crippen LogP contribution in [-0.4, -0.2) is 24.4 Å². The second-order valence-electron chi connectivity index (χ2n) is 2.63. The van der Waals surface area contributed by atoms with E-state index < -0.39 is 0 Å². The summed E-state index contributed by atoms with van der Waals surface area (Å²) in [5.41, 5.74) is 0. The van der Waals surface area contributed by atoms with Crippen LogP contribution in [0.1, 0.15) is 6.42 Å². The summed E-state index contributed by atoms with van der Waals surface area (Å²) in [6.07, 6.45) is 1.62. The van der Waals surface area contributed by atoms with Crippen LogP contribution in [-0.2, 0) is 4.74 Å². The molecule has 8 heavy (non-hydrogen) atoms. The fourth-order valence-corrected chi connectivity index (χ4v) is 1.61. The van der Waals surface area contributed by atoms with Crippen molar-refractivity contribution in [2.24, 2.45) is 11.8 Å². The first-order valence-electron chi connectivity index (χ1n) is 3.16. The molecule has 0 unspecified atom stereocenters. The molecule has 1 N–H and O–H groups in total. The van der Waals surface area contributed by atoms with Crippen molar-refractivity contribution in [3.8, 4) is 0 Å². The maximum absolute atomic E-state index is 8.63. The van der Waals surface area contributed by atoms with E-state index >= 15 is 0 Å². The van der Waals surface area contributed by atoms with Gasteiger partial charge in [0, 0.05) is 19.1 Å². The van der Waals surface area contributed by atoms with Crippen LogP contribution >= 0.6 is 0 Å². The monoisotopic (exact) mass is 114 g/mol. The summed E-state index contributed by atoms with van der Waals surface area (Å²) in [5.74, 6) is 1.23. The average molecular weight is 114 g/mol. The van der Waals surface area contributed by atoms with Crippen molar-refractivity contribution in [1.29, 1.82) is 0 Å². The maximum Gasteiger partial charge on any atom is 0.0662 e. The Balaban J connectivity index is 1.94. The molecule has 0 aromatic rings. The van der Waals surface area contributed by atoms with E-state index in [-0.39, 0.29) is 0 Å². The van der Waals surface area contributed by atoms with Crippen LogP contribution in [0.3, 0.4) is 0 Å². The van der Waals surface area contributed by atoms with Crippen molar-refractivity contribution in [2.45, 2.75) is 12.5 Å². The Hall–Kier alpha value is -0.0800. The number of rotatable bonds is 1. The van der Waals surface area contributed by atoms with Crippen LogP contribution in [0.4, 0.5) is 0 Å². The first-order chi connectivity index (χ1) is 3.93. The lowest BCUT2D eigenvalue weighted by molar-refractivity contribution is 0.119. The van der Waals surface area contributed by atoms with Gasteiger partial charge in [-0.05, 0) is 12.3 Å². The Morgan fingerprint density at radius 2 is 2.50 bits per heavy atom. The van der Waals surface area contributed by atoms with E-state index in [9.17, 15) is 0 Å². The molecule has 0 bridgehead atoms. The van der Waals surface area contributed by atoms with Crippen LogP contribution in [0.2, 0.25) is 0 Å². The highest BCUT2D eigenvalue weighted by Crippen LogP contribution is 2.48. The van der Waals surface area contributed by atoms with Gasteiger partial charge in [0.2, 0.25) is 0 Å². The quantitative estimate of drug-likeness (QED) is 0.520. The molecule has 0 aromatic carbocycles. The Morgan fingerprint density at radius 3 is 2.88 bits per heavy atom. The number of aliphatic hydroxyl groups excluding tert-OH is 1. The minimum Gasteiger partial charge on any atom is -0.396 e. The van der Waals surface area contributed by atoms with E-state index in [1.807, 2.05) is 0 Å². The van der Waals surface area contributed by atoms with Crippen molar-refractivity contribution < 1.29 is 9.84 Å². The zero-order valence-electron chi connectivity index (χ0n) is 4.71. The molecular weight excluding hydrogens is 104 g/mol. The molecule has 0 radical (unpaired) electrons. The lowest BCUT2D eigenvalue weighted by atomic mass is 10.2. The van der Waals surface area contributed by atoms with Crippen molar-refractivity contribution in [2.75, 3.05) is 13.2 Å². The van der Waals surface area contributed by atoms with Crippen molar-refractivity contribution in [1.82, 2.24) is 0 Å².